The fraction of sp³-hybridized carbons (Fsp3) is 0.357. The molecule has 0 aliphatic carbocycles. The van der Waals surface area contributed by atoms with E-state index in [4.69, 9.17) is 5.11 Å². The Bertz CT molecular complexity index is 713. The van der Waals surface area contributed by atoms with Gasteiger partial charge in [0.25, 0.3) is 0 Å². The number of aryl methyl sites for hydroxylation is 1. The van der Waals surface area contributed by atoms with Crippen LogP contribution in [-0.2, 0) is 4.79 Å². The molecule has 6 nitrogen and oxygen atoms in total. The number of rotatable bonds is 2. The summed E-state index contributed by atoms with van der Waals surface area (Å²) in [5, 5.41) is 12.2. The Kier molecular flexibility index (Phi) is 3.50. The molecular formula is C14H15N3O3S. The van der Waals surface area contributed by atoms with Gasteiger partial charge in [-0.05, 0) is 31.0 Å². The summed E-state index contributed by atoms with van der Waals surface area (Å²) in [6.07, 6.45) is 0.502. The van der Waals surface area contributed by atoms with Crippen LogP contribution >= 0.6 is 11.3 Å². The van der Waals surface area contributed by atoms with E-state index in [-0.39, 0.29) is 12.6 Å². The second kappa shape index (κ2) is 5.33. The minimum Gasteiger partial charge on any atom is -0.481 e. The summed E-state index contributed by atoms with van der Waals surface area (Å²) >= 11 is 1.42. The molecule has 2 aromatic rings. The van der Waals surface area contributed by atoms with E-state index in [0.717, 1.165) is 15.8 Å². The third-order valence-electron chi connectivity index (χ3n) is 3.58. The second-order valence-corrected chi connectivity index (χ2v) is 6.22. The Hall–Kier alpha value is -2.15. The number of hydrogen-bond acceptors (Lipinski definition) is 4. The zero-order valence-corrected chi connectivity index (χ0v) is 12.3. The highest BCUT2D eigenvalue weighted by atomic mass is 32.1. The van der Waals surface area contributed by atoms with E-state index in [1.165, 1.54) is 16.2 Å². The van der Waals surface area contributed by atoms with Crippen LogP contribution in [-0.4, -0.2) is 40.1 Å². The zero-order valence-electron chi connectivity index (χ0n) is 11.5. The summed E-state index contributed by atoms with van der Waals surface area (Å²) in [6.45, 7) is 2.73. The van der Waals surface area contributed by atoms with Crippen LogP contribution in [0.2, 0.25) is 0 Å². The first-order valence-corrected chi connectivity index (χ1v) is 7.50. The third-order valence-corrected chi connectivity index (χ3v) is 4.52. The summed E-state index contributed by atoms with van der Waals surface area (Å²) in [4.78, 5) is 28.9. The Morgan fingerprint density at radius 1 is 1.48 bits per heavy atom. The highest BCUT2D eigenvalue weighted by Crippen LogP contribution is 2.27. The van der Waals surface area contributed by atoms with E-state index in [0.29, 0.717) is 18.1 Å². The number of thiazole rings is 1. The Morgan fingerprint density at radius 3 is 3.00 bits per heavy atom. The van der Waals surface area contributed by atoms with Gasteiger partial charge in [-0.3, -0.25) is 10.1 Å². The average Bonchev–Trinajstić information content (AvgIpc) is 3.03. The lowest BCUT2D eigenvalue weighted by Gasteiger charge is -2.15. The van der Waals surface area contributed by atoms with Gasteiger partial charge in [0, 0.05) is 13.1 Å². The molecule has 0 radical (unpaired) electrons. The second-order valence-electron chi connectivity index (χ2n) is 5.19. The lowest BCUT2D eigenvalue weighted by atomic mass is 10.1. The Morgan fingerprint density at radius 2 is 2.29 bits per heavy atom. The number of benzene rings is 1. The van der Waals surface area contributed by atoms with Crippen LogP contribution in [0.3, 0.4) is 0 Å². The molecule has 3 rings (SSSR count). The standard InChI is InChI=1S/C14H15N3O3S/c1-8-2-3-10-11(6-8)21-13(15-10)16-14(20)17-5-4-9(7-17)12(18)19/h2-3,6,9H,4-5,7H2,1H3,(H,18,19)(H,15,16,20). The predicted octanol–water partition coefficient (Wildman–Crippen LogP) is 2.54. The fourth-order valence-electron chi connectivity index (χ4n) is 2.40. The zero-order chi connectivity index (χ0) is 15.0. The van der Waals surface area contributed by atoms with Crippen LogP contribution in [0, 0.1) is 12.8 Å². The number of amides is 2. The molecular weight excluding hydrogens is 290 g/mol. The quantitative estimate of drug-likeness (QED) is 0.893. The molecule has 1 unspecified atom stereocenters. The summed E-state index contributed by atoms with van der Waals surface area (Å²) in [5.74, 6) is -1.31. The van der Waals surface area contributed by atoms with Crippen molar-refractivity contribution in [3.05, 3.63) is 23.8 Å². The van der Waals surface area contributed by atoms with E-state index >= 15 is 0 Å². The van der Waals surface area contributed by atoms with Crippen LogP contribution in [0.1, 0.15) is 12.0 Å². The number of carbonyl (C=O) groups excluding carboxylic acids is 1. The lowest BCUT2D eigenvalue weighted by molar-refractivity contribution is -0.141. The monoisotopic (exact) mass is 305 g/mol. The summed E-state index contributed by atoms with van der Waals surface area (Å²) in [7, 11) is 0. The molecule has 1 aromatic carbocycles. The van der Waals surface area contributed by atoms with Gasteiger partial charge in [-0.15, -0.1) is 0 Å². The molecule has 0 bridgehead atoms. The number of anilines is 1. The van der Waals surface area contributed by atoms with Crippen LogP contribution in [0.5, 0.6) is 0 Å². The van der Waals surface area contributed by atoms with Crippen molar-refractivity contribution >= 4 is 38.7 Å². The van der Waals surface area contributed by atoms with Crippen molar-refractivity contribution in [1.29, 1.82) is 0 Å². The number of aromatic nitrogens is 1. The van der Waals surface area contributed by atoms with Gasteiger partial charge < -0.3 is 10.0 Å². The van der Waals surface area contributed by atoms with Crippen LogP contribution in [0.25, 0.3) is 10.2 Å². The Labute approximate surface area is 125 Å². The van der Waals surface area contributed by atoms with Gasteiger partial charge in [0.2, 0.25) is 0 Å². The van der Waals surface area contributed by atoms with Gasteiger partial charge in [0.15, 0.2) is 5.13 Å². The van der Waals surface area contributed by atoms with Gasteiger partial charge >= 0.3 is 12.0 Å². The number of urea groups is 1. The molecule has 7 heteroatoms. The molecule has 1 aliphatic heterocycles. The number of hydrogen-bond donors (Lipinski definition) is 2. The summed E-state index contributed by atoms with van der Waals surface area (Å²) in [6, 6.07) is 5.65. The van der Waals surface area contributed by atoms with Crippen molar-refractivity contribution in [3.63, 3.8) is 0 Å². The minimum atomic E-state index is -0.847. The third kappa shape index (κ3) is 2.82. The SMILES string of the molecule is Cc1ccc2nc(NC(=O)N3CCC(C(=O)O)C3)sc2c1. The van der Waals surface area contributed by atoms with Crippen molar-refractivity contribution < 1.29 is 14.7 Å². The maximum atomic E-state index is 12.1. The maximum Gasteiger partial charge on any atom is 0.323 e. The molecule has 0 spiro atoms. The minimum absolute atomic E-state index is 0.255. The first-order chi connectivity index (χ1) is 10.0. The molecule has 2 heterocycles. The summed E-state index contributed by atoms with van der Waals surface area (Å²) < 4.78 is 1.02. The number of nitrogens with one attached hydrogen (secondary N) is 1. The molecule has 0 saturated carbocycles. The van der Waals surface area contributed by atoms with Crippen molar-refractivity contribution in [2.45, 2.75) is 13.3 Å². The fourth-order valence-corrected chi connectivity index (χ4v) is 3.36. The van der Waals surface area contributed by atoms with Gasteiger partial charge in [-0.1, -0.05) is 17.4 Å². The van der Waals surface area contributed by atoms with Gasteiger partial charge in [0.1, 0.15) is 0 Å². The molecule has 1 aliphatic rings. The predicted molar refractivity (Wildman–Crippen MR) is 80.7 cm³/mol. The van der Waals surface area contributed by atoms with Gasteiger partial charge in [0.05, 0.1) is 16.1 Å². The van der Waals surface area contributed by atoms with E-state index < -0.39 is 11.9 Å². The van der Waals surface area contributed by atoms with Crippen LogP contribution in [0.15, 0.2) is 18.2 Å². The molecule has 1 atom stereocenters. The molecule has 2 amide bonds. The molecule has 1 saturated heterocycles. The summed E-state index contributed by atoms with van der Waals surface area (Å²) in [5.41, 5.74) is 2.00. The molecule has 110 valence electrons. The van der Waals surface area contributed by atoms with E-state index in [9.17, 15) is 9.59 Å². The molecule has 21 heavy (non-hydrogen) atoms. The first kappa shape index (κ1) is 13.8. The number of fused-ring (bicyclic) bond motifs is 1. The van der Waals surface area contributed by atoms with Gasteiger partial charge in [-0.25, -0.2) is 9.78 Å². The number of likely N-dealkylation sites (tertiary alicyclic amines) is 1. The smallest absolute Gasteiger partial charge is 0.323 e. The van der Waals surface area contributed by atoms with Gasteiger partial charge in [-0.2, -0.15) is 0 Å². The molecule has 2 N–H and O–H groups in total. The van der Waals surface area contributed by atoms with Crippen molar-refractivity contribution in [2.24, 2.45) is 5.92 Å². The van der Waals surface area contributed by atoms with E-state index in [1.54, 1.807) is 0 Å². The van der Waals surface area contributed by atoms with Crippen LogP contribution in [0.4, 0.5) is 9.93 Å². The normalized spacial score (nSPS) is 18.1. The number of aliphatic carboxylic acids is 1. The number of nitrogens with zero attached hydrogens (tertiary/aromatic N) is 2. The van der Waals surface area contributed by atoms with E-state index in [2.05, 4.69) is 10.3 Å². The topological polar surface area (TPSA) is 82.5 Å². The number of carboxylic acids is 1. The maximum absolute atomic E-state index is 12.1. The van der Waals surface area contributed by atoms with Crippen molar-refractivity contribution in [3.8, 4) is 0 Å². The number of carboxylic acid groups (broad SMARTS) is 1. The largest absolute Gasteiger partial charge is 0.481 e. The molecule has 1 aromatic heterocycles. The Balaban J connectivity index is 1.70. The van der Waals surface area contributed by atoms with Crippen LogP contribution < -0.4 is 5.32 Å². The molecule has 1 fully saturated rings. The first-order valence-electron chi connectivity index (χ1n) is 6.69. The average molecular weight is 305 g/mol. The highest BCUT2D eigenvalue weighted by molar-refractivity contribution is 7.22. The highest BCUT2D eigenvalue weighted by Gasteiger charge is 2.31. The van der Waals surface area contributed by atoms with Crippen molar-refractivity contribution in [2.75, 3.05) is 18.4 Å². The lowest BCUT2D eigenvalue weighted by Crippen LogP contribution is -2.33. The number of carbonyl (C=O) groups is 2. The van der Waals surface area contributed by atoms with E-state index in [1.807, 2.05) is 25.1 Å². The van der Waals surface area contributed by atoms with Crippen molar-refractivity contribution in [1.82, 2.24) is 9.88 Å².